The monoisotopic (exact) mass is 388 g/mol. The van der Waals surface area contributed by atoms with Crippen LogP contribution in [0.3, 0.4) is 0 Å². The van der Waals surface area contributed by atoms with Crippen LogP contribution in [-0.4, -0.2) is 40.5 Å². The lowest BCUT2D eigenvalue weighted by molar-refractivity contribution is -0.924. The molecule has 136 valence electrons. The minimum atomic E-state index is 0.822. The van der Waals surface area contributed by atoms with E-state index >= 15 is 0 Å². The molecule has 26 heavy (non-hydrogen) atoms. The third kappa shape index (κ3) is 3.44. The Morgan fingerprint density at radius 2 is 2.08 bits per heavy atom. The largest absolute Gasteiger partial charge is 0.310 e. The number of aromatic amines is 1. The van der Waals surface area contributed by atoms with Gasteiger partial charge in [-0.3, -0.25) is 9.47 Å². The molecule has 0 saturated carbocycles. The van der Waals surface area contributed by atoms with Crippen LogP contribution >= 0.6 is 23.6 Å². The van der Waals surface area contributed by atoms with Crippen molar-refractivity contribution in [3.63, 3.8) is 0 Å². The quantitative estimate of drug-likeness (QED) is 0.671. The lowest BCUT2D eigenvalue weighted by Gasteiger charge is -2.27. The summed E-state index contributed by atoms with van der Waals surface area (Å²) in [6.07, 6.45) is 1.98. The molecule has 0 spiro atoms. The summed E-state index contributed by atoms with van der Waals surface area (Å²) in [7, 11) is 0. The molecule has 1 aliphatic heterocycles. The Bertz CT molecular complexity index is 892. The number of anilines is 1. The zero-order valence-electron chi connectivity index (χ0n) is 14.9. The zero-order chi connectivity index (χ0) is 17.9. The van der Waals surface area contributed by atoms with Gasteiger partial charge in [0.05, 0.1) is 11.1 Å². The van der Waals surface area contributed by atoms with Gasteiger partial charge < -0.3 is 4.90 Å². The highest BCUT2D eigenvalue weighted by molar-refractivity contribution is 7.71. The number of pyridine rings is 1. The van der Waals surface area contributed by atoms with Gasteiger partial charge in [-0.15, -0.1) is 16.4 Å². The standard InChI is InChI=1S/C18H22N6S2/c1-2-23-17(15-6-5-13-26-15)20-24(18(23)25)14-21-9-11-22(12-10-21)16-7-3-4-8-19-16/h3-8,13H,2,9-12,14H2,1H3/p+2. The highest BCUT2D eigenvalue weighted by atomic mass is 32.1. The summed E-state index contributed by atoms with van der Waals surface area (Å²) in [5.74, 6) is 2.18. The minimum Gasteiger partial charge on any atom is -0.310 e. The van der Waals surface area contributed by atoms with Crippen molar-refractivity contribution in [3.05, 3.63) is 46.7 Å². The van der Waals surface area contributed by atoms with Crippen LogP contribution in [0.4, 0.5) is 5.82 Å². The molecule has 0 bridgehead atoms. The Balaban J connectivity index is 1.46. The number of aromatic nitrogens is 4. The van der Waals surface area contributed by atoms with E-state index < -0.39 is 0 Å². The summed E-state index contributed by atoms with van der Waals surface area (Å²) in [4.78, 5) is 8.43. The molecule has 1 saturated heterocycles. The van der Waals surface area contributed by atoms with Crippen LogP contribution in [0.15, 0.2) is 41.9 Å². The number of piperazine rings is 1. The first-order valence-electron chi connectivity index (χ1n) is 9.03. The van der Waals surface area contributed by atoms with Gasteiger partial charge in [0, 0.05) is 12.6 Å². The lowest BCUT2D eigenvalue weighted by Crippen LogP contribution is -3.14. The molecule has 0 unspecified atom stereocenters. The predicted octanol–water partition coefficient (Wildman–Crippen LogP) is 1.34. The molecule has 0 atom stereocenters. The smallest absolute Gasteiger partial charge is 0.274 e. The molecule has 4 rings (SSSR count). The number of rotatable bonds is 5. The Morgan fingerprint density at radius 1 is 1.23 bits per heavy atom. The van der Waals surface area contributed by atoms with Gasteiger partial charge in [-0.25, -0.2) is 4.98 Å². The van der Waals surface area contributed by atoms with Crippen LogP contribution in [0, 0.1) is 4.77 Å². The molecular formula is C18H24N6S2+2. The fraction of sp³-hybridized carbons (Fsp3) is 0.389. The first-order valence-corrected chi connectivity index (χ1v) is 10.3. The maximum atomic E-state index is 5.69. The highest BCUT2D eigenvalue weighted by Crippen LogP contribution is 2.23. The molecule has 0 aliphatic carbocycles. The second kappa shape index (κ2) is 7.69. The van der Waals surface area contributed by atoms with Gasteiger partial charge in [-0.2, -0.15) is 4.68 Å². The summed E-state index contributed by atoms with van der Waals surface area (Å²) in [5.41, 5.74) is 0. The third-order valence-electron chi connectivity index (χ3n) is 4.86. The van der Waals surface area contributed by atoms with Gasteiger partial charge in [0.2, 0.25) is 4.77 Å². The van der Waals surface area contributed by atoms with Crippen molar-refractivity contribution >= 4 is 29.4 Å². The van der Waals surface area contributed by atoms with Crippen LogP contribution in [-0.2, 0) is 13.2 Å². The van der Waals surface area contributed by atoms with Gasteiger partial charge in [-0.1, -0.05) is 12.1 Å². The minimum absolute atomic E-state index is 0.822. The Hall–Kier alpha value is -2.03. The fourth-order valence-electron chi connectivity index (χ4n) is 3.43. The van der Waals surface area contributed by atoms with Crippen molar-refractivity contribution in [2.45, 2.75) is 20.1 Å². The van der Waals surface area contributed by atoms with E-state index in [-0.39, 0.29) is 0 Å². The Morgan fingerprint density at radius 3 is 2.73 bits per heavy atom. The predicted molar refractivity (Wildman–Crippen MR) is 106 cm³/mol. The maximum Gasteiger partial charge on any atom is 0.274 e. The number of hydrogen-bond donors (Lipinski definition) is 1. The van der Waals surface area contributed by atoms with Gasteiger partial charge in [0.1, 0.15) is 26.2 Å². The van der Waals surface area contributed by atoms with Gasteiger partial charge in [0.15, 0.2) is 12.5 Å². The third-order valence-corrected chi connectivity index (χ3v) is 6.15. The summed E-state index contributed by atoms with van der Waals surface area (Å²) in [5, 5.41) is 6.93. The van der Waals surface area contributed by atoms with Crippen LogP contribution in [0.2, 0.25) is 0 Å². The van der Waals surface area contributed by atoms with Crippen molar-refractivity contribution in [2.24, 2.45) is 0 Å². The van der Waals surface area contributed by atoms with E-state index in [4.69, 9.17) is 17.3 Å². The van der Waals surface area contributed by atoms with Crippen LogP contribution in [0.25, 0.3) is 10.7 Å². The summed E-state index contributed by atoms with van der Waals surface area (Å²) in [6.45, 7) is 8.04. The van der Waals surface area contributed by atoms with Crippen molar-refractivity contribution in [1.29, 1.82) is 0 Å². The van der Waals surface area contributed by atoms with Crippen molar-refractivity contribution in [3.8, 4) is 10.7 Å². The molecule has 2 N–H and O–H groups in total. The average Bonchev–Trinajstić information content (AvgIpc) is 3.32. The summed E-state index contributed by atoms with van der Waals surface area (Å²) < 4.78 is 4.96. The molecule has 0 amide bonds. The normalized spacial score (nSPS) is 15.5. The second-order valence-electron chi connectivity index (χ2n) is 6.47. The van der Waals surface area contributed by atoms with Crippen molar-refractivity contribution in [2.75, 3.05) is 31.1 Å². The van der Waals surface area contributed by atoms with Crippen molar-refractivity contribution in [1.82, 2.24) is 14.3 Å². The molecule has 4 heterocycles. The SMILES string of the molecule is CCn1c(-c2cccs2)nn(C[NH+]2CCN(c3cccc[nH+]3)CC2)c1=S. The number of thiophene rings is 1. The summed E-state index contributed by atoms with van der Waals surface area (Å²) in [6, 6.07) is 10.4. The van der Waals surface area contributed by atoms with E-state index in [1.807, 2.05) is 16.9 Å². The molecule has 3 aromatic heterocycles. The first-order chi connectivity index (χ1) is 12.8. The number of H-pyrrole nitrogens is 1. The average molecular weight is 389 g/mol. The molecular weight excluding hydrogens is 364 g/mol. The van der Waals surface area contributed by atoms with Crippen LogP contribution in [0.5, 0.6) is 0 Å². The molecule has 6 nitrogen and oxygen atoms in total. The van der Waals surface area contributed by atoms with E-state index in [2.05, 4.69) is 51.0 Å². The lowest BCUT2D eigenvalue weighted by atomic mass is 10.3. The van der Waals surface area contributed by atoms with E-state index in [0.29, 0.717) is 0 Å². The number of quaternary nitrogens is 1. The fourth-order valence-corrected chi connectivity index (χ4v) is 4.47. The second-order valence-corrected chi connectivity index (χ2v) is 7.78. The topological polar surface area (TPSA) is 44.6 Å². The number of nitrogens with zero attached hydrogens (tertiary/aromatic N) is 4. The molecule has 1 aliphatic rings. The highest BCUT2D eigenvalue weighted by Gasteiger charge is 2.26. The number of nitrogens with one attached hydrogen (secondary N) is 2. The Kier molecular flexibility index (Phi) is 5.14. The molecule has 1 fully saturated rings. The van der Waals surface area contributed by atoms with Crippen molar-refractivity contribution < 1.29 is 9.88 Å². The molecule has 0 aromatic carbocycles. The van der Waals surface area contributed by atoms with E-state index in [1.165, 1.54) is 15.6 Å². The first kappa shape index (κ1) is 17.4. The number of hydrogen-bond acceptors (Lipinski definition) is 4. The van der Waals surface area contributed by atoms with Gasteiger partial charge >= 0.3 is 0 Å². The maximum absolute atomic E-state index is 5.69. The van der Waals surface area contributed by atoms with E-state index in [9.17, 15) is 0 Å². The van der Waals surface area contributed by atoms with E-state index in [1.54, 1.807) is 11.3 Å². The van der Waals surface area contributed by atoms with Crippen LogP contribution in [0.1, 0.15) is 6.92 Å². The molecule has 8 heteroatoms. The summed E-state index contributed by atoms with van der Waals surface area (Å²) >= 11 is 7.41. The van der Waals surface area contributed by atoms with E-state index in [0.717, 1.165) is 50.0 Å². The van der Waals surface area contributed by atoms with Gasteiger partial charge in [-0.05, 0) is 36.7 Å². The van der Waals surface area contributed by atoms with Crippen LogP contribution < -0.4 is 14.8 Å². The molecule has 0 radical (unpaired) electrons. The molecule has 3 aromatic rings. The Labute approximate surface area is 162 Å². The zero-order valence-corrected chi connectivity index (χ0v) is 16.5. The van der Waals surface area contributed by atoms with Gasteiger partial charge in [0.25, 0.3) is 5.82 Å².